The Morgan fingerprint density at radius 3 is 2.28 bits per heavy atom. The fourth-order valence-corrected chi connectivity index (χ4v) is 1.41. The number of aromatic nitrogens is 2. The molecule has 4 nitrogen and oxygen atoms in total. The van der Waals surface area contributed by atoms with Gasteiger partial charge >= 0.3 is 6.18 Å². The Bertz CT molecular complexity index is 540. The maximum absolute atomic E-state index is 12.6. The van der Waals surface area contributed by atoms with E-state index in [1.165, 1.54) is 0 Å². The maximum Gasteiger partial charge on any atom is 0.433 e. The first-order valence-corrected chi connectivity index (χ1v) is 4.99. The van der Waals surface area contributed by atoms with Crippen molar-refractivity contribution in [2.24, 2.45) is 5.84 Å². The molecule has 2 rings (SSSR count). The van der Waals surface area contributed by atoms with Gasteiger partial charge in [-0.25, -0.2) is 15.8 Å². The number of anilines is 1. The summed E-state index contributed by atoms with van der Waals surface area (Å²) in [6.07, 6.45) is -4.54. The Kier molecular flexibility index (Phi) is 3.15. The van der Waals surface area contributed by atoms with E-state index in [0.717, 1.165) is 6.07 Å². The second-order valence-electron chi connectivity index (χ2n) is 3.47. The number of nitrogens with zero attached hydrogens (tertiary/aromatic N) is 2. The molecule has 0 fully saturated rings. The molecule has 1 aromatic heterocycles. The van der Waals surface area contributed by atoms with Crippen LogP contribution in [0.25, 0.3) is 11.3 Å². The molecule has 3 N–H and O–H groups in total. The Balaban J connectivity index is 2.55. The molecule has 1 heterocycles. The van der Waals surface area contributed by atoms with Gasteiger partial charge in [-0.15, -0.1) is 0 Å². The molecule has 0 aliphatic rings. The zero-order valence-electron chi connectivity index (χ0n) is 9.07. The number of nitrogens with two attached hydrogens (primary N) is 1. The molecule has 0 bridgehead atoms. The molecule has 0 radical (unpaired) electrons. The van der Waals surface area contributed by atoms with Crippen LogP contribution in [0.3, 0.4) is 0 Å². The summed E-state index contributed by atoms with van der Waals surface area (Å²) in [5, 5.41) is 0. The van der Waals surface area contributed by atoms with Crippen LogP contribution in [0, 0.1) is 0 Å². The van der Waals surface area contributed by atoms with Crippen LogP contribution in [0.4, 0.5) is 19.1 Å². The van der Waals surface area contributed by atoms with E-state index in [2.05, 4.69) is 9.97 Å². The Morgan fingerprint density at radius 1 is 1.06 bits per heavy atom. The van der Waals surface area contributed by atoms with Crippen molar-refractivity contribution in [1.82, 2.24) is 9.97 Å². The summed E-state index contributed by atoms with van der Waals surface area (Å²) in [6, 6.07) is 9.37. The summed E-state index contributed by atoms with van der Waals surface area (Å²) in [7, 11) is 0. The third-order valence-electron chi connectivity index (χ3n) is 2.22. The van der Waals surface area contributed by atoms with E-state index >= 15 is 0 Å². The van der Waals surface area contributed by atoms with E-state index in [9.17, 15) is 13.2 Å². The Morgan fingerprint density at radius 2 is 1.72 bits per heavy atom. The zero-order chi connectivity index (χ0) is 13.2. The Hall–Kier alpha value is -2.15. The summed E-state index contributed by atoms with van der Waals surface area (Å²) in [5.41, 5.74) is 1.71. The van der Waals surface area contributed by atoms with Gasteiger partial charge in [0.2, 0.25) is 5.95 Å². The number of benzene rings is 1. The number of halogens is 3. The van der Waals surface area contributed by atoms with Crippen molar-refractivity contribution in [3.63, 3.8) is 0 Å². The maximum atomic E-state index is 12.6. The number of rotatable bonds is 2. The molecular formula is C11H9F3N4. The second kappa shape index (κ2) is 4.61. The minimum absolute atomic E-state index is 0.158. The van der Waals surface area contributed by atoms with Crippen molar-refractivity contribution in [3.05, 3.63) is 42.1 Å². The molecule has 0 atom stereocenters. The largest absolute Gasteiger partial charge is 0.433 e. The molecule has 0 saturated carbocycles. The van der Waals surface area contributed by atoms with Gasteiger partial charge in [-0.05, 0) is 6.07 Å². The van der Waals surface area contributed by atoms with Crippen molar-refractivity contribution in [2.75, 3.05) is 5.43 Å². The highest BCUT2D eigenvalue weighted by molar-refractivity contribution is 5.60. The molecule has 0 unspecified atom stereocenters. The first kappa shape index (κ1) is 12.3. The highest BCUT2D eigenvalue weighted by Gasteiger charge is 2.33. The summed E-state index contributed by atoms with van der Waals surface area (Å²) < 4.78 is 37.9. The standard InChI is InChI=1S/C11H9F3N4/c12-11(13,14)9-6-8(16-10(17-9)18-15)7-4-2-1-3-5-7/h1-6H,15H2,(H,16,17,18). The van der Waals surface area contributed by atoms with Gasteiger partial charge in [-0.3, -0.25) is 5.43 Å². The molecular weight excluding hydrogens is 245 g/mol. The van der Waals surface area contributed by atoms with E-state index in [0.29, 0.717) is 5.56 Å². The molecule has 94 valence electrons. The highest BCUT2D eigenvalue weighted by atomic mass is 19.4. The smallest absolute Gasteiger partial charge is 0.292 e. The minimum Gasteiger partial charge on any atom is -0.292 e. The van der Waals surface area contributed by atoms with Gasteiger partial charge in [0, 0.05) is 5.56 Å². The van der Waals surface area contributed by atoms with E-state index in [4.69, 9.17) is 5.84 Å². The molecule has 18 heavy (non-hydrogen) atoms. The van der Waals surface area contributed by atoms with E-state index in [1.54, 1.807) is 30.3 Å². The lowest BCUT2D eigenvalue weighted by Crippen LogP contribution is -2.15. The van der Waals surface area contributed by atoms with Gasteiger partial charge in [0.15, 0.2) is 5.69 Å². The van der Waals surface area contributed by atoms with Crippen LogP contribution in [-0.2, 0) is 6.18 Å². The number of nitrogen functional groups attached to an aromatic ring is 1. The summed E-state index contributed by atoms with van der Waals surface area (Å²) in [6.45, 7) is 0. The van der Waals surface area contributed by atoms with Crippen molar-refractivity contribution in [1.29, 1.82) is 0 Å². The average molecular weight is 254 g/mol. The predicted molar refractivity (Wildman–Crippen MR) is 60.3 cm³/mol. The van der Waals surface area contributed by atoms with Crippen LogP contribution in [0.15, 0.2) is 36.4 Å². The number of alkyl halides is 3. The van der Waals surface area contributed by atoms with Crippen LogP contribution in [-0.4, -0.2) is 9.97 Å². The number of hydrazine groups is 1. The third kappa shape index (κ3) is 2.57. The molecule has 0 saturated heterocycles. The van der Waals surface area contributed by atoms with Crippen LogP contribution < -0.4 is 11.3 Å². The van der Waals surface area contributed by atoms with E-state index in [1.807, 2.05) is 5.43 Å². The molecule has 0 aliphatic heterocycles. The molecule has 0 spiro atoms. The predicted octanol–water partition coefficient (Wildman–Crippen LogP) is 2.45. The van der Waals surface area contributed by atoms with Crippen molar-refractivity contribution >= 4 is 5.95 Å². The SMILES string of the molecule is NNc1nc(-c2ccccc2)cc(C(F)(F)F)n1. The normalized spacial score (nSPS) is 11.3. The van der Waals surface area contributed by atoms with Crippen LogP contribution in [0.5, 0.6) is 0 Å². The van der Waals surface area contributed by atoms with Gasteiger partial charge in [0.25, 0.3) is 0 Å². The second-order valence-corrected chi connectivity index (χ2v) is 3.47. The lowest BCUT2D eigenvalue weighted by molar-refractivity contribution is -0.141. The molecule has 2 aromatic rings. The monoisotopic (exact) mass is 254 g/mol. The lowest BCUT2D eigenvalue weighted by Gasteiger charge is -2.09. The van der Waals surface area contributed by atoms with Crippen molar-refractivity contribution < 1.29 is 13.2 Å². The fourth-order valence-electron chi connectivity index (χ4n) is 1.41. The summed E-state index contributed by atoms with van der Waals surface area (Å²) >= 11 is 0. The minimum atomic E-state index is -4.54. The van der Waals surface area contributed by atoms with Gasteiger partial charge in [-0.2, -0.15) is 13.2 Å². The quantitative estimate of drug-likeness (QED) is 0.638. The van der Waals surface area contributed by atoms with E-state index in [-0.39, 0.29) is 11.6 Å². The van der Waals surface area contributed by atoms with Gasteiger partial charge in [0.05, 0.1) is 5.69 Å². The number of hydrogen-bond acceptors (Lipinski definition) is 4. The van der Waals surface area contributed by atoms with Crippen LogP contribution in [0.2, 0.25) is 0 Å². The average Bonchev–Trinajstić information content (AvgIpc) is 2.38. The van der Waals surface area contributed by atoms with Gasteiger partial charge < -0.3 is 0 Å². The van der Waals surface area contributed by atoms with Crippen LogP contribution in [0.1, 0.15) is 5.69 Å². The van der Waals surface area contributed by atoms with Crippen molar-refractivity contribution in [2.45, 2.75) is 6.18 Å². The summed E-state index contributed by atoms with van der Waals surface area (Å²) in [4.78, 5) is 7.16. The number of hydrogen-bond donors (Lipinski definition) is 2. The molecule has 1 aromatic carbocycles. The lowest BCUT2D eigenvalue weighted by atomic mass is 10.1. The molecule has 7 heteroatoms. The zero-order valence-corrected chi connectivity index (χ0v) is 9.07. The van der Waals surface area contributed by atoms with Gasteiger partial charge in [0.1, 0.15) is 0 Å². The Labute approximate surface area is 101 Å². The fraction of sp³-hybridized carbons (Fsp3) is 0.0909. The first-order chi connectivity index (χ1) is 8.50. The topological polar surface area (TPSA) is 63.8 Å². The molecule has 0 amide bonds. The highest BCUT2D eigenvalue weighted by Crippen LogP contribution is 2.30. The molecule has 0 aliphatic carbocycles. The van der Waals surface area contributed by atoms with E-state index < -0.39 is 11.9 Å². The van der Waals surface area contributed by atoms with Crippen molar-refractivity contribution in [3.8, 4) is 11.3 Å². The summed E-state index contributed by atoms with van der Waals surface area (Å²) in [5.74, 6) is 4.79. The van der Waals surface area contributed by atoms with Crippen LogP contribution >= 0.6 is 0 Å². The first-order valence-electron chi connectivity index (χ1n) is 4.99. The van der Waals surface area contributed by atoms with Gasteiger partial charge in [-0.1, -0.05) is 30.3 Å². The third-order valence-corrected chi connectivity index (χ3v) is 2.22. The number of nitrogens with one attached hydrogen (secondary N) is 1.